The van der Waals surface area contributed by atoms with Crippen molar-refractivity contribution in [2.75, 3.05) is 0 Å². The van der Waals surface area contributed by atoms with E-state index in [-0.39, 0.29) is 5.78 Å². The minimum absolute atomic E-state index is 0.0405. The molecule has 0 atom stereocenters. The highest BCUT2D eigenvalue weighted by Crippen LogP contribution is 2.15. The first-order valence-electron chi connectivity index (χ1n) is 3.48. The number of ketones is 1. The van der Waals surface area contributed by atoms with Gasteiger partial charge < -0.3 is 0 Å². The van der Waals surface area contributed by atoms with Crippen molar-refractivity contribution in [3.63, 3.8) is 0 Å². The number of allylic oxidation sites excluding steroid dienone is 1. The van der Waals surface area contributed by atoms with Crippen LogP contribution in [0.2, 0.25) is 0 Å². The Morgan fingerprint density at radius 2 is 2.42 bits per heavy atom. The minimum Gasteiger partial charge on any atom is -0.295 e. The second-order valence-electron chi connectivity index (χ2n) is 2.34. The van der Waals surface area contributed by atoms with Gasteiger partial charge in [-0.05, 0) is 40.6 Å². The van der Waals surface area contributed by atoms with E-state index < -0.39 is 0 Å². The van der Waals surface area contributed by atoms with Gasteiger partial charge in [0.15, 0.2) is 5.78 Å². The molecule has 0 saturated carbocycles. The standard InChI is InChI=1S/C9H8BrNO/c1-7(12)2-3-8-4-5-11-6-9(8)10/h2-6H,1H3/b3-2+. The number of nitrogens with zero attached hydrogens (tertiary/aromatic N) is 1. The molecule has 0 spiro atoms. The van der Waals surface area contributed by atoms with E-state index in [4.69, 9.17) is 0 Å². The van der Waals surface area contributed by atoms with Gasteiger partial charge in [0.1, 0.15) is 0 Å². The molecule has 3 heteroatoms. The maximum absolute atomic E-state index is 10.6. The quantitative estimate of drug-likeness (QED) is 0.725. The van der Waals surface area contributed by atoms with Crippen LogP contribution in [0.3, 0.4) is 0 Å². The third kappa shape index (κ3) is 2.58. The molecular formula is C9H8BrNO. The molecule has 1 heterocycles. The third-order valence-electron chi connectivity index (χ3n) is 1.30. The Labute approximate surface area is 79.5 Å². The van der Waals surface area contributed by atoms with Crippen molar-refractivity contribution in [2.24, 2.45) is 0 Å². The van der Waals surface area contributed by atoms with Crippen LogP contribution in [-0.2, 0) is 4.79 Å². The van der Waals surface area contributed by atoms with Crippen molar-refractivity contribution in [3.05, 3.63) is 34.6 Å². The molecule has 0 unspecified atom stereocenters. The van der Waals surface area contributed by atoms with Crippen molar-refractivity contribution >= 4 is 27.8 Å². The van der Waals surface area contributed by atoms with Crippen LogP contribution in [0.25, 0.3) is 6.08 Å². The summed E-state index contributed by atoms with van der Waals surface area (Å²) in [5, 5.41) is 0. The Kier molecular flexibility index (Phi) is 3.17. The molecule has 0 N–H and O–H groups in total. The van der Waals surface area contributed by atoms with E-state index in [0.717, 1.165) is 10.0 Å². The maximum atomic E-state index is 10.6. The normalized spacial score (nSPS) is 10.5. The summed E-state index contributed by atoms with van der Waals surface area (Å²) >= 11 is 3.32. The highest BCUT2D eigenvalue weighted by atomic mass is 79.9. The average molecular weight is 226 g/mol. The van der Waals surface area contributed by atoms with Crippen LogP contribution in [0.4, 0.5) is 0 Å². The van der Waals surface area contributed by atoms with Gasteiger partial charge in [-0.1, -0.05) is 6.08 Å². The second-order valence-corrected chi connectivity index (χ2v) is 3.20. The van der Waals surface area contributed by atoms with E-state index in [1.165, 1.54) is 13.0 Å². The van der Waals surface area contributed by atoms with Crippen LogP contribution in [0, 0.1) is 0 Å². The SMILES string of the molecule is CC(=O)/C=C/c1ccncc1Br. The third-order valence-corrected chi connectivity index (χ3v) is 1.96. The highest BCUT2D eigenvalue weighted by molar-refractivity contribution is 9.10. The zero-order valence-electron chi connectivity index (χ0n) is 6.62. The minimum atomic E-state index is 0.0405. The van der Waals surface area contributed by atoms with Crippen LogP contribution in [0.15, 0.2) is 29.0 Å². The topological polar surface area (TPSA) is 30.0 Å². The maximum Gasteiger partial charge on any atom is 0.152 e. The summed E-state index contributed by atoms with van der Waals surface area (Å²) in [6.07, 6.45) is 6.67. The zero-order valence-corrected chi connectivity index (χ0v) is 8.21. The summed E-state index contributed by atoms with van der Waals surface area (Å²) in [5.41, 5.74) is 0.959. The molecule has 2 nitrogen and oxygen atoms in total. The van der Waals surface area contributed by atoms with Gasteiger partial charge in [0, 0.05) is 16.9 Å². The first-order valence-corrected chi connectivity index (χ1v) is 4.27. The molecule has 62 valence electrons. The van der Waals surface area contributed by atoms with Crippen molar-refractivity contribution in [3.8, 4) is 0 Å². The van der Waals surface area contributed by atoms with Crippen LogP contribution in [-0.4, -0.2) is 10.8 Å². The van der Waals surface area contributed by atoms with Gasteiger partial charge in [-0.25, -0.2) is 0 Å². The van der Waals surface area contributed by atoms with Gasteiger partial charge in [0.25, 0.3) is 0 Å². The van der Waals surface area contributed by atoms with Gasteiger partial charge in [-0.15, -0.1) is 0 Å². The first-order chi connectivity index (χ1) is 5.70. The number of carbonyl (C=O) groups excluding carboxylic acids is 1. The van der Waals surface area contributed by atoms with Crippen LogP contribution in [0.5, 0.6) is 0 Å². The Balaban J connectivity index is 2.89. The Bertz CT molecular complexity index is 320. The lowest BCUT2D eigenvalue weighted by molar-refractivity contribution is -0.112. The van der Waals surface area contributed by atoms with E-state index in [0.29, 0.717) is 0 Å². The molecule has 1 aromatic rings. The fourth-order valence-corrected chi connectivity index (χ4v) is 1.11. The van der Waals surface area contributed by atoms with Gasteiger partial charge in [-0.2, -0.15) is 0 Å². The molecular weight excluding hydrogens is 218 g/mol. The number of carbonyl (C=O) groups is 1. The Morgan fingerprint density at radius 1 is 1.67 bits per heavy atom. The fraction of sp³-hybridized carbons (Fsp3) is 0.111. The number of aromatic nitrogens is 1. The molecule has 1 rings (SSSR count). The molecule has 0 aliphatic heterocycles. The molecule has 0 saturated heterocycles. The van der Waals surface area contributed by atoms with E-state index in [9.17, 15) is 4.79 Å². The molecule has 0 aromatic carbocycles. The largest absolute Gasteiger partial charge is 0.295 e. The van der Waals surface area contributed by atoms with E-state index in [1.54, 1.807) is 18.5 Å². The van der Waals surface area contributed by atoms with E-state index in [2.05, 4.69) is 20.9 Å². The lowest BCUT2D eigenvalue weighted by atomic mass is 10.2. The summed E-state index contributed by atoms with van der Waals surface area (Å²) in [6, 6.07) is 1.84. The van der Waals surface area contributed by atoms with Crippen molar-refractivity contribution < 1.29 is 4.79 Å². The highest BCUT2D eigenvalue weighted by Gasteiger charge is 1.93. The molecule has 0 aliphatic carbocycles. The second kappa shape index (κ2) is 4.16. The average Bonchev–Trinajstić information content (AvgIpc) is 2.03. The smallest absolute Gasteiger partial charge is 0.152 e. The fourth-order valence-electron chi connectivity index (χ4n) is 0.728. The number of pyridine rings is 1. The molecule has 12 heavy (non-hydrogen) atoms. The first kappa shape index (κ1) is 9.13. The molecule has 0 radical (unpaired) electrons. The zero-order chi connectivity index (χ0) is 8.97. The number of hydrogen-bond donors (Lipinski definition) is 0. The number of rotatable bonds is 2. The molecule has 0 fully saturated rings. The van der Waals surface area contributed by atoms with Gasteiger partial charge in [-0.3, -0.25) is 9.78 Å². The summed E-state index contributed by atoms with van der Waals surface area (Å²) in [6.45, 7) is 1.52. The van der Waals surface area contributed by atoms with Crippen molar-refractivity contribution in [1.82, 2.24) is 4.98 Å². The van der Waals surface area contributed by atoms with Crippen molar-refractivity contribution in [1.29, 1.82) is 0 Å². The molecule has 0 amide bonds. The lowest BCUT2D eigenvalue weighted by Crippen LogP contribution is -1.81. The molecule has 0 aliphatic rings. The predicted octanol–water partition coefficient (Wildman–Crippen LogP) is 2.45. The Morgan fingerprint density at radius 3 is 3.00 bits per heavy atom. The molecule has 0 bridgehead atoms. The summed E-state index contributed by atoms with van der Waals surface area (Å²) < 4.78 is 0.891. The summed E-state index contributed by atoms with van der Waals surface area (Å²) in [5.74, 6) is 0.0405. The van der Waals surface area contributed by atoms with E-state index in [1.807, 2.05) is 6.07 Å². The van der Waals surface area contributed by atoms with Gasteiger partial charge in [0.2, 0.25) is 0 Å². The lowest BCUT2D eigenvalue weighted by Gasteiger charge is -1.94. The van der Waals surface area contributed by atoms with Crippen LogP contribution in [0.1, 0.15) is 12.5 Å². The van der Waals surface area contributed by atoms with Crippen LogP contribution < -0.4 is 0 Å². The number of halogens is 1. The van der Waals surface area contributed by atoms with Gasteiger partial charge in [0.05, 0.1) is 0 Å². The molecule has 1 aromatic heterocycles. The predicted molar refractivity (Wildman–Crippen MR) is 51.7 cm³/mol. The summed E-state index contributed by atoms with van der Waals surface area (Å²) in [7, 11) is 0. The monoisotopic (exact) mass is 225 g/mol. The number of hydrogen-bond acceptors (Lipinski definition) is 2. The van der Waals surface area contributed by atoms with Crippen LogP contribution >= 0.6 is 15.9 Å². The van der Waals surface area contributed by atoms with Gasteiger partial charge >= 0.3 is 0 Å². The Hall–Kier alpha value is -0.960. The van der Waals surface area contributed by atoms with Crippen molar-refractivity contribution in [2.45, 2.75) is 6.92 Å². The summed E-state index contributed by atoms with van der Waals surface area (Å²) in [4.78, 5) is 14.5. The van der Waals surface area contributed by atoms with E-state index >= 15 is 0 Å².